The average molecular weight is 313 g/mol. The summed E-state index contributed by atoms with van der Waals surface area (Å²) in [6, 6.07) is -0.191. The lowest BCUT2D eigenvalue weighted by molar-refractivity contribution is -0.128. The van der Waals surface area contributed by atoms with Crippen LogP contribution in [0.1, 0.15) is 59.3 Å². The minimum absolute atomic E-state index is 0.0600. The van der Waals surface area contributed by atoms with Gasteiger partial charge in [-0.25, -0.2) is 0 Å². The van der Waals surface area contributed by atoms with Crippen molar-refractivity contribution in [3.05, 3.63) is 0 Å². The van der Waals surface area contributed by atoms with E-state index in [-0.39, 0.29) is 24.0 Å². The minimum Gasteiger partial charge on any atom is -0.390 e. The van der Waals surface area contributed by atoms with Gasteiger partial charge in [0.2, 0.25) is 5.91 Å². The van der Waals surface area contributed by atoms with Crippen LogP contribution in [0.2, 0.25) is 0 Å². The number of nitrogens with zero attached hydrogens (tertiary/aromatic N) is 1. The molecule has 0 saturated heterocycles. The van der Waals surface area contributed by atoms with Gasteiger partial charge in [0.05, 0.1) is 12.1 Å². The molecule has 0 aromatic heterocycles. The summed E-state index contributed by atoms with van der Waals surface area (Å²) in [5, 5.41) is 12.9. The van der Waals surface area contributed by atoms with Crippen LogP contribution in [-0.4, -0.2) is 53.7 Å². The van der Waals surface area contributed by atoms with Crippen molar-refractivity contribution < 1.29 is 9.90 Å². The highest BCUT2D eigenvalue weighted by atomic mass is 16.3. The topological polar surface area (TPSA) is 78.6 Å². The first-order valence-electron chi connectivity index (χ1n) is 8.63. The van der Waals surface area contributed by atoms with Gasteiger partial charge in [-0.2, -0.15) is 0 Å². The molecule has 4 N–H and O–H groups in total. The van der Waals surface area contributed by atoms with E-state index in [1.807, 2.05) is 32.7 Å². The Morgan fingerprint density at radius 1 is 1.32 bits per heavy atom. The Labute approximate surface area is 135 Å². The lowest BCUT2D eigenvalue weighted by Crippen LogP contribution is -2.53. The summed E-state index contributed by atoms with van der Waals surface area (Å²) in [4.78, 5) is 14.6. The van der Waals surface area contributed by atoms with Crippen LogP contribution in [0.4, 0.5) is 0 Å². The SMILES string of the molecule is CN(CC(O)CN)[C@@H](CC1CCCCC1)C(=O)NC(C)(C)C. The van der Waals surface area contributed by atoms with E-state index in [0.29, 0.717) is 12.5 Å². The molecule has 5 nitrogen and oxygen atoms in total. The van der Waals surface area contributed by atoms with Crippen LogP contribution in [0.25, 0.3) is 0 Å². The van der Waals surface area contributed by atoms with E-state index in [2.05, 4.69) is 5.32 Å². The second kappa shape index (κ2) is 8.85. The summed E-state index contributed by atoms with van der Waals surface area (Å²) in [6.07, 6.45) is 6.58. The van der Waals surface area contributed by atoms with Crippen molar-refractivity contribution >= 4 is 5.91 Å². The molecule has 1 saturated carbocycles. The molecule has 5 heteroatoms. The van der Waals surface area contributed by atoms with Crippen molar-refractivity contribution in [3.8, 4) is 0 Å². The number of aliphatic hydroxyl groups is 1. The lowest BCUT2D eigenvalue weighted by Gasteiger charge is -2.34. The first kappa shape index (κ1) is 19.4. The molecule has 0 spiro atoms. The Morgan fingerprint density at radius 2 is 1.91 bits per heavy atom. The largest absolute Gasteiger partial charge is 0.390 e. The zero-order valence-corrected chi connectivity index (χ0v) is 14.8. The molecule has 0 bridgehead atoms. The molecule has 0 aromatic rings. The van der Waals surface area contributed by atoms with Crippen LogP contribution in [0.3, 0.4) is 0 Å². The predicted octanol–water partition coefficient (Wildman–Crippen LogP) is 1.49. The molecule has 1 unspecified atom stereocenters. The Balaban J connectivity index is 2.71. The highest BCUT2D eigenvalue weighted by Gasteiger charge is 2.30. The smallest absolute Gasteiger partial charge is 0.237 e. The third-order valence-corrected chi connectivity index (χ3v) is 4.39. The zero-order valence-electron chi connectivity index (χ0n) is 14.8. The summed E-state index contributed by atoms with van der Waals surface area (Å²) in [5.74, 6) is 0.673. The number of rotatable bonds is 7. The van der Waals surface area contributed by atoms with Crippen molar-refractivity contribution in [1.82, 2.24) is 10.2 Å². The molecule has 130 valence electrons. The lowest BCUT2D eigenvalue weighted by atomic mass is 9.84. The van der Waals surface area contributed by atoms with E-state index in [0.717, 1.165) is 6.42 Å². The van der Waals surface area contributed by atoms with Gasteiger partial charge >= 0.3 is 0 Å². The average Bonchev–Trinajstić information content (AvgIpc) is 2.43. The molecule has 0 heterocycles. The predicted molar refractivity (Wildman–Crippen MR) is 90.6 cm³/mol. The fourth-order valence-corrected chi connectivity index (χ4v) is 3.21. The second-order valence-electron chi connectivity index (χ2n) is 7.82. The molecule has 1 aliphatic rings. The van der Waals surface area contributed by atoms with E-state index < -0.39 is 6.10 Å². The molecule has 2 atom stereocenters. The van der Waals surface area contributed by atoms with E-state index in [9.17, 15) is 9.90 Å². The van der Waals surface area contributed by atoms with Crippen molar-refractivity contribution in [2.75, 3.05) is 20.1 Å². The van der Waals surface area contributed by atoms with Crippen molar-refractivity contribution in [1.29, 1.82) is 0 Å². The number of hydrogen-bond donors (Lipinski definition) is 3. The fourth-order valence-electron chi connectivity index (χ4n) is 3.21. The van der Waals surface area contributed by atoms with Gasteiger partial charge in [-0.3, -0.25) is 9.69 Å². The number of hydrogen-bond acceptors (Lipinski definition) is 4. The molecule has 1 amide bonds. The van der Waals surface area contributed by atoms with Crippen LogP contribution in [0.5, 0.6) is 0 Å². The first-order valence-corrected chi connectivity index (χ1v) is 8.63. The number of carbonyl (C=O) groups is 1. The Morgan fingerprint density at radius 3 is 2.41 bits per heavy atom. The van der Waals surface area contributed by atoms with Crippen molar-refractivity contribution in [2.45, 2.75) is 77.0 Å². The molecular weight excluding hydrogens is 278 g/mol. The van der Waals surface area contributed by atoms with Crippen molar-refractivity contribution in [2.24, 2.45) is 11.7 Å². The van der Waals surface area contributed by atoms with Crippen LogP contribution >= 0.6 is 0 Å². The van der Waals surface area contributed by atoms with Gasteiger partial charge in [-0.1, -0.05) is 32.1 Å². The van der Waals surface area contributed by atoms with E-state index >= 15 is 0 Å². The summed E-state index contributed by atoms with van der Waals surface area (Å²) >= 11 is 0. The quantitative estimate of drug-likeness (QED) is 0.665. The highest BCUT2D eigenvalue weighted by molar-refractivity contribution is 5.82. The highest BCUT2D eigenvalue weighted by Crippen LogP contribution is 2.28. The zero-order chi connectivity index (χ0) is 16.8. The number of aliphatic hydroxyl groups excluding tert-OH is 1. The maximum absolute atomic E-state index is 12.7. The van der Waals surface area contributed by atoms with Crippen LogP contribution in [-0.2, 0) is 4.79 Å². The number of nitrogens with two attached hydrogens (primary N) is 1. The molecule has 1 aliphatic carbocycles. The molecule has 1 fully saturated rings. The van der Waals surface area contributed by atoms with E-state index in [4.69, 9.17) is 5.73 Å². The Hall–Kier alpha value is -0.650. The van der Waals surface area contributed by atoms with Crippen molar-refractivity contribution in [3.63, 3.8) is 0 Å². The van der Waals surface area contributed by atoms with Crippen LogP contribution in [0.15, 0.2) is 0 Å². The van der Waals surface area contributed by atoms with E-state index in [1.165, 1.54) is 32.1 Å². The fraction of sp³-hybridized carbons (Fsp3) is 0.941. The van der Waals surface area contributed by atoms with Gasteiger partial charge in [-0.15, -0.1) is 0 Å². The van der Waals surface area contributed by atoms with Gasteiger partial charge in [0.1, 0.15) is 0 Å². The summed E-state index contributed by atoms with van der Waals surface area (Å²) in [6.45, 7) is 6.65. The monoisotopic (exact) mass is 313 g/mol. The molecule has 0 aromatic carbocycles. The van der Waals surface area contributed by atoms with Crippen LogP contribution < -0.4 is 11.1 Å². The van der Waals surface area contributed by atoms with Gasteiger partial charge in [0.25, 0.3) is 0 Å². The van der Waals surface area contributed by atoms with Gasteiger partial charge in [0, 0.05) is 18.6 Å². The molecule has 22 heavy (non-hydrogen) atoms. The minimum atomic E-state index is -0.582. The van der Waals surface area contributed by atoms with Crippen LogP contribution in [0, 0.1) is 5.92 Å². The maximum Gasteiger partial charge on any atom is 0.237 e. The molecule has 0 aliphatic heterocycles. The number of carbonyl (C=O) groups excluding carboxylic acids is 1. The molecule has 1 rings (SSSR count). The normalized spacial score (nSPS) is 20.0. The van der Waals surface area contributed by atoms with E-state index in [1.54, 1.807) is 0 Å². The molecule has 0 radical (unpaired) electrons. The standard InChI is InChI=1S/C17H35N3O2/c1-17(2,3)19-16(22)15(20(4)12-14(21)11-18)10-13-8-6-5-7-9-13/h13-15,21H,5-12,18H2,1-4H3,(H,19,22)/t14?,15-/m0/s1. The van der Waals surface area contributed by atoms with Gasteiger partial charge < -0.3 is 16.2 Å². The number of amides is 1. The Kier molecular flexibility index (Phi) is 7.80. The Bertz CT molecular complexity index is 335. The summed E-state index contributed by atoms with van der Waals surface area (Å²) < 4.78 is 0. The third kappa shape index (κ3) is 7.07. The summed E-state index contributed by atoms with van der Waals surface area (Å²) in [5.41, 5.74) is 5.26. The maximum atomic E-state index is 12.7. The summed E-state index contributed by atoms with van der Waals surface area (Å²) in [7, 11) is 1.91. The number of nitrogens with one attached hydrogen (secondary N) is 1. The first-order chi connectivity index (χ1) is 10.2. The third-order valence-electron chi connectivity index (χ3n) is 4.39. The van der Waals surface area contributed by atoms with Gasteiger partial charge in [0.15, 0.2) is 0 Å². The van der Waals surface area contributed by atoms with Gasteiger partial charge in [-0.05, 0) is 40.2 Å². The number of likely N-dealkylation sites (N-methyl/N-ethyl adjacent to an activating group) is 1. The second-order valence-corrected chi connectivity index (χ2v) is 7.82. The molecular formula is C17H35N3O2.